The third-order valence-corrected chi connectivity index (χ3v) is 7.40. The molecule has 4 heteroatoms. The van der Waals surface area contributed by atoms with Gasteiger partial charge in [-0.1, -0.05) is 38.5 Å². The van der Waals surface area contributed by atoms with E-state index in [1.807, 2.05) is 0 Å². The van der Waals surface area contributed by atoms with E-state index in [0.29, 0.717) is 12.6 Å². The van der Waals surface area contributed by atoms with Crippen molar-refractivity contribution in [3.8, 4) is 0 Å². The Kier molecular flexibility index (Phi) is 9.53. The molecule has 0 heterocycles. The summed E-state index contributed by atoms with van der Waals surface area (Å²) in [4.78, 5) is 5.13. The molecule has 0 N–H and O–H groups in total. The first kappa shape index (κ1) is 24.1. The lowest BCUT2D eigenvalue weighted by Gasteiger charge is -2.41. The second-order valence-electron chi connectivity index (χ2n) is 10.8. The summed E-state index contributed by atoms with van der Waals surface area (Å²) in [5.41, 5.74) is -0.263. The van der Waals surface area contributed by atoms with Crippen LogP contribution in [0.4, 0.5) is 0 Å². The molecule has 2 fully saturated rings. The molecule has 1 atom stereocenters. The Morgan fingerprint density at radius 3 is 2.03 bits per heavy atom. The smallest absolute Gasteiger partial charge is 0.126 e. The summed E-state index contributed by atoms with van der Waals surface area (Å²) in [6.07, 6.45) is 19.9. The predicted octanol–water partition coefficient (Wildman–Crippen LogP) is 5.76. The van der Waals surface area contributed by atoms with Crippen molar-refractivity contribution in [1.82, 2.24) is 9.80 Å². The SMILES string of the molecule is CN(C)C1C=C(OC(C)(C)COCCN(C2CCCCC2)C2CCCCC2)CCC1. The zero-order chi connectivity index (χ0) is 21.4. The van der Waals surface area contributed by atoms with Gasteiger partial charge in [0.05, 0.1) is 19.0 Å². The molecule has 0 aromatic heterocycles. The van der Waals surface area contributed by atoms with Crippen molar-refractivity contribution in [2.75, 3.05) is 33.9 Å². The van der Waals surface area contributed by atoms with Crippen molar-refractivity contribution in [2.24, 2.45) is 0 Å². The van der Waals surface area contributed by atoms with E-state index < -0.39 is 0 Å². The molecule has 3 aliphatic carbocycles. The van der Waals surface area contributed by atoms with Crippen LogP contribution < -0.4 is 0 Å². The molecule has 0 spiro atoms. The van der Waals surface area contributed by atoms with Gasteiger partial charge in [-0.15, -0.1) is 0 Å². The Morgan fingerprint density at radius 2 is 1.47 bits per heavy atom. The summed E-state index contributed by atoms with van der Waals surface area (Å²) in [7, 11) is 4.31. The highest BCUT2D eigenvalue weighted by atomic mass is 16.5. The van der Waals surface area contributed by atoms with Crippen LogP contribution in [0, 0.1) is 0 Å². The average Bonchev–Trinajstić information content (AvgIpc) is 2.75. The summed E-state index contributed by atoms with van der Waals surface area (Å²) in [5, 5.41) is 0. The van der Waals surface area contributed by atoms with Crippen molar-refractivity contribution in [1.29, 1.82) is 0 Å². The van der Waals surface area contributed by atoms with E-state index in [1.165, 1.54) is 77.0 Å². The molecule has 4 nitrogen and oxygen atoms in total. The maximum atomic E-state index is 6.39. The lowest BCUT2D eigenvalue weighted by molar-refractivity contribution is -0.0559. The van der Waals surface area contributed by atoms with E-state index in [4.69, 9.17) is 9.47 Å². The van der Waals surface area contributed by atoms with E-state index in [0.717, 1.165) is 37.4 Å². The minimum atomic E-state index is -0.263. The topological polar surface area (TPSA) is 24.9 Å². The van der Waals surface area contributed by atoms with Gasteiger partial charge >= 0.3 is 0 Å². The minimum absolute atomic E-state index is 0.263. The minimum Gasteiger partial charge on any atom is -0.490 e. The van der Waals surface area contributed by atoms with Crippen LogP contribution in [0.3, 0.4) is 0 Å². The van der Waals surface area contributed by atoms with Crippen LogP contribution in [0.25, 0.3) is 0 Å². The van der Waals surface area contributed by atoms with Gasteiger partial charge in [-0.3, -0.25) is 4.90 Å². The Bertz CT molecular complexity index is 501. The Hall–Kier alpha value is -0.580. The van der Waals surface area contributed by atoms with Crippen LogP contribution in [-0.2, 0) is 9.47 Å². The summed E-state index contributed by atoms with van der Waals surface area (Å²) < 4.78 is 12.6. The summed E-state index contributed by atoms with van der Waals surface area (Å²) in [5.74, 6) is 1.15. The number of nitrogens with zero attached hydrogens (tertiary/aromatic N) is 2. The number of ether oxygens (including phenoxy) is 2. The standard InChI is InChI=1S/C26H48N2O2/c1-26(2,30-25-17-11-16-24(20-25)27(3)4)21-29-19-18-28(22-12-7-5-8-13-22)23-14-9-6-10-15-23/h20,22-24H,5-19,21H2,1-4H3. The fourth-order valence-electron chi connectivity index (χ4n) is 5.72. The lowest BCUT2D eigenvalue weighted by Crippen LogP contribution is -2.47. The summed E-state index contributed by atoms with van der Waals surface area (Å²) in [6, 6.07) is 2.10. The molecule has 0 aromatic rings. The summed E-state index contributed by atoms with van der Waals surface area (Å²) >= 11 is 0. The molecule has 0 amide bonds. The van der Waals surface area contributed by atoms with Gasteiger partial charge in [0.1, 0.15) is 5.60 Å². The van der Waals surface area contributed by atoms with Gasteiger partial charge < -0.3 is 14.4 Å². The van der Waals surface area contributed by atoms with Crippen LogP contribution in [0.15, 0.2) is 11.8 Å². The largest absolute Gasteiger partial charge is 0.490 e. The highest BCUT2D eigenvalue weighted by Gasteiger charge is 2.29. The van der Waals surface area contributed by atoms with E-state index in [9.17, 15) is 0 Å². The molecule has 0 aromatic carbocycles. The third-order valence-electron chi connectivity index (χ3n) is 7.40. The average molecular weight is 421 g/mol. The predicted molar refractivity (Wildman–Crippen MR) is 126 cm³/mol. The van der Waals surface area contributed by atoms with Gasteiger partial charge in [0.15, 0.2) is 0 Å². The molecule has 0 aliphatic heterocycles. The van der Waals surface area contributed by atoms with E-state index >= 15 is 0 Å². The van der Waals surface area contributed by atoms with Gasteiger partial charge in [0.2, 0.25) is 0 Å². The molecule has 174 valence electrons. The van der Waals surface area contributed by atoms with Crippen molar-refractivity contribution < 1.29 is 9.47 Å². The first-order valence-electron chi connectivity index (χ1n) is 12.8. The molecule has 0 saturated heterocycles. The highest BCUT2D eigenvalue weighted by Crippen LogP contribution is 2.30. The Morgan fingerprint density at radius 1 is 0.867 bits per heavy atom. The fourth-order valence-corrected chi connectivity index (χ4v) is 5.72. The van der Waals surface area contributed by atoms with Crippen molar-refractivity contribution >= 4 is 0 Å². The second-order valence-corrected chi connectivity index (χ2v) is 10.8. The maximum Gasteiger partial charge on any atom is 0.126 e. The zero-order valence-electron chi connectivity index (χ0n) is 20.3. The van der Waals surface area contributed by atoms with Crippen LogP contribution in [-0.4, -0.2) is 67.4 Å². The number of hydrogen-bond acceptors (Lipinski definition) is 4. The molecular weight excluding hydrogens is 372 g/mol. The zero-order valence-corrected chi connectivity index (χ0v) is 20.3. The molecule has 0 bridgehead atoms. The van der Waals surface area contributed by atoms with Crippen LogP contribution in [0.2, 0.25) is 0 Å². The second kappa shape index (κ2) is 11.9. The molecule has 2 saturated carbocycles. The molecular formula is C26H48N2O2. The number of allylic oxidation sites excluding steroid dienone is 1. The van der Waals surface area contributed by atoms with Crippen LogP contribution in [0.5, 0.6) is 0 Å². The van der Waals surface area contributed by atoms with E-state index in [1.54, 1.807) is 0 Å². The molecule has 1 unspecified atom stereocenters. The third kappa shape index (κ3) is 7.53. The molecule has 0 radical (unpaired) electrons. The van der Waals surface area contributed by atoms with Gasteiger partial charge in [-0.25, -0.2) is 0 Å². The van der Waals surface area contributed by atoms with Gasteiger partial charge in [-0.2, -0.15) is 0 Å². The van der Waals surface area contributed by atoms with Gasteiger partial charge in [0, 0.05) is 31.1 Å². The summed E-state index contributed by atoms with van der Waals surface area (Å²) in [6.45, 7) is 6.94. The monoisotopic (exact) mass is 420 g/mol. The van der Waals surface area contributed by atoms with Crippen molar-refractivity contribution in [3.05, 3.63) is 11.8 Å². The highest BCUT2D eigenvalue weighted by molar-refractivity contribution is 5.06. The number of likely N-dealkylation sites (N-methyl/N-ethyl adjacent to an activating group) is 1. The number of rotatable bonds is 10. The Labute approximate surface area is 186 Å². The van der Waals surface area contributed by atoms with Crippen LogP contribution in [0.1, 0.15) is 97.3 Å². The van der Waals surface area contributed by atoms with Crippen molar-refractivity contribution in [2.45, 2.75) is 121 Å². The molecule has 30 heavy (non-hydrogen) atoms. The number of hydrogen-bond donors (Lipinski definition) is 0. The quantitative estimate of drug-likeness (QED) is 0.419. The van der Waals surface area contributed by atoms with Gasteiger partial charge in [0.25, 0.3) is 0 Å². The van der Waals surface area contributed by atoms with E-state index in [-0.39, 0.29) is 5.60 Å². The van der Waals surface area contributed by atoms with Gasteiger partial charge in [-0.05, 0) is 72.5 Å². The maximum absolute atomic E-state index is 6.39. The first-order chi connectivity index (χ1) is 14.4. The fraction of sp³-hybridized carbons (Fsp3) is 0.923. The van der Waals surface area contributed by atoms with Crippen molar-refractivity contribution in [3.63, 3.8) is 0 Å². The normalized spacial score (nSPS) is 25.0. The molecule has 3 rings (SSSR count). The lowest BCUT2D eigenvalue weighted by atomic mass is 9.88. The first-order valence-corrected chi connectivity index (χ1v) is 12.8. The van der Waals surface area contributed by atoms with E-state index in [2.05, 4.69) is 43.8 Å². The van der Waals surface area contributed by atoms with Crippen LogP contribution >= 0.6 is 0 Å². The Balaban J connectivity index is 1.45. The molecule has 3 aliphatic rings.